The van der Waals surface area contributed by atoms with Crippen LogP contribution in [0.25, 0.3) is 11.2 Å². The molecule has 2 N–H and O–H groups in total. The number of rotatable bonds is 3. The molecule has 0 spiro atoms. The van der Waals surface area contributed by atoms with Gasteiger partial charge in [-0.05, 0) is 20.8 Å². The summed E-state index contributed by atoms with van der Waals surface area (Å²) in [6.45, 7) is 5.45. The highest BCUT2D eigenvalue weighted by atomic mass is 32.2. The number of fused-ring (bicyclic) bond motifs is 1. The lowest BCUT2D eigenvalue weighted by atomic mass is 10.2. The maximum atomic E-state index is 11.8. The largest absolute Gasteiger partial charge is 0.369 e. The van der Waals surface area contributed by atoms with Gasteiger partial charge in [-0.3, -0.25) is 9.25 Å². The van der Waals surface area contributed by atoms with Crippen LogP contribution in [0.15, 0.2) is 0 Å². The van der Waals surface area contributed by atoms with E-state index in [1.165, 1.54) is 6.26 Å². The van der Waals surface area contributed by atoms with Crippen LogP contribution in [0.5, 0.6) is 0 Å². The molecule has 0 radical (unpaired) electrons. The molecule has 0 aliphatic rings. The second-order valence-electron chi connectivity index (χ2n) is 5.47. The Hall–Kier alpha value is -1.57. The first kappa shape index (κ1) is 13.9. The predicted octanol–water partition coefficient (Wildman–Crippen LogP) is 0.484. The van der Waals surface area contributed by atoms with Gasteiger partial charge in [0.25, 0.3) is 0 Å². The van der Waals surface area contributed by atoms with Gasteiger partial charge >= 0.3 is 0 Å². The summed E-state index contributed by atoms with van der Waals surface area (Å²) in [5, 5.41) is 4.27. The molecule has 0 saturated carbocycles. The Morgan fingerprint density at radius 3 is 2.47 bits per heavy atom. The van der Waals surface area contributed by atoms with Crippen LogP contribution in [-0.4, -0.2) is 38.8 Å². The van der Waals surface area contributed by atoms with Gasteiger partial charge in [-0.25, -0.2) is 13.4 Å². The topological polar surface area (TPSA) is 95.8 Å². The Kier molecular flexibility index (Phi) is 2.89. The molecule has 0 fully saturated rings. The van der Waals surface area contributed by atoms with Gasteiger partial charge in [0.05, 0.1) is 10.4 Å². The molecule has 0 aromatic carbocycles. The van der Waals surface area contributed by atoms with E-state index in [1.54, 1.807) is 30.1 Å². The fraction of sp³-hybridized carbons (Fsp3) is 0.636. The van der Waals surface area contributed by atoms with E-state index in [9.17, 15) is 8.42 Å². The van der Waals surface area contributed by atoms with Gasteiger partial charge in [0.2, 0.25) is 5.95 Å². The van der Waals surface area contributed by atoms with Crippen molar-refractivity contribution in [2.45, 2.75) is 32.1 Å². The van der Waals surface area contributed by atoms with Crippen LogP contribution in [0, 0.1) is 6.92 Å². The number of hydrogen-bond acceptors (Lipinski definition) is 5. The van der Waals surface area contributed by atoms with Gasteiger partial charge in [-0.2, -0.15) is 5.10 Å². The minimum absolute atomic E-state index is 0.243. The van der Waals surface area contributed by atoms with Gasteiger partial charge in [0, 0.05) is 19.8 Å². The fourth-order valence-electron chi connectivity index (χ4n) is 2.01. The average molecular weight is 285 g/mol. The molecule has 0 amide bonds. The maximum absolute atomic E-state index is 11.8. The first-order chi connectivity index (χ1) is 8.54. The number of imidazole rings is 1. The van der Waals surface area contributed by atoms with Crippen molar-refractivity contribution in [1.82, 2.24) is 19.3 Å². The van der Waals surface area contributed by atoms with E-state index in [4.69, 9.17) is 5.73 Å². The van der Waals surface area contributed by atoms with Crippen molar-refractivity contribution in [3.8, 4) is 0 Å². The number of aryl methyl sites for hydroxylation is 2. The van der Waals surface area contributed by atoms with Crippen molar-refractivity contribution < 1.29 is 8.42 Å². The van der Waals surface area contributed by atoms with Crippen LogP contribution in [0.3, 0.4) is 0 Å². The molecular formula is C11H19N5O2S. The average Bonchev–Trinajstić information content (AvgIpc) is 2.66. The third-order valence-electron chi connectivity index (χ3n) is 3.46. The summed E-state index contributed by atoms with van der Waals surface area (Å²) in [7, 11) is -1.41. The van der Waals surface area contributed by atoms with Gasteiger partial charge in [-0.15, -0.1) is 0 Å². The van der Waals surface area contributed by atoms with Crippen molar-refractivity contribution in [2.24, 2.45) is 7.05 Å². The lowest BCUT2D eigenvalue weighted by Gasteiger charge is -2.23. The van der Waals surface area contributed by atoms with E-state index in [2.05, 4.69) is 10.1 Å². The monoisotopic (exact) mass is 285 g/mol. The molecule has 0 aliphatic heterocycles. The van der Waals surface area contributed by atoms with Crippen LogP contribution >= 0.6 is 0 Å². The molecular weight excluding hydrogens is 266 g/mol. The van der Waals surface area contributed by atoms with E-state index >= 15 is 0 Å². The smallest absolute Gasteiger partial charge is 0.202 e. The molecule has 0 unspecified atom stereocenters. The molecule has 2 aromatic rings. The zero-order valence-corrected chi connectivity index (χ0v) is 12.6. The molecule has 2 aromatic heterocycles. The Bertz CT molecular complexity index is 739. The lowest BCUT2D eigenvalue weighted by molar-refractivity contribution is 0.506. The second kappa shape index (κ2) is 3.96. The highest BCUT2D eigenvalue weighted by molar-refractivity contribution is 7.92. The van der Waals surface area contributed by atoms with E-state index in [1.807, 2.05) is 6.92 Å². The molecule has 106 valence electrons. The molecule has 19 heavy (non-hydrogen) atoms. The fourth-order valence-corrected chi connectivity index (χ4v) is 2.37. The number of aromatic nitrogens is 4. The zero-order chi connectivity index (χ0) is 14.6. The number of sulfone groups is 1. The van der Waals surface area contributed by atoms with Crippen LogP contribution in [0.2, 0.25) is 0 Å². The summed E-state index contributed by atoms with van der Waals surface area (Å²) < 4.78 is 26.1. The van der Waals surface area contributed by atoms with Crippen LogP contribution in [-0.2, 0) is 23.4 Å². The molecule has 0 atom stereocenters. The van der Waals surface area contributed by atoms with E-state index in [-0.39, 0.29) is 6.54 Å². The molecule has 0 saturated heterocycles. The van der Waals surface area contributed by atoms with Gasteiger partial charge in [0.1, 0.15) is 5.52 Å². The number of nitrogens with zero attached hydrogens (tertiary/aromatic N) is 4. The molecule has 0 bridgehead atoms. The minimum Gasteiger partial charge on any atom is -0.369 e. The minimum atomic E-state index is -3.20. The Morgan fingerprint density at radius 2 is 1.95 bits per heavy atom. The highest BCUT2D eigenvalue weighted by Gasteiger charge is 2.32. The molecule has 2 heterocycles. The SMILES string of the molecule is Cc1nn(C)c2c1nc(N)n2CC(C)(C)S(C)(=O)=O. The third kappa shape index (κ3) is 2.09. The van der Waals surface area contributed by atoms with Crippen molar-refractivity contribution in [3.63, 3.8) is 0 Å². The first-order valence-electron chi connectivity index (χ1n) is 5.89. The standard InChI is InChI=1S/C11H19N5O2S/c1-7-8-9(15(4)14-7)16(10(12)13-8)6-11(2,3)19(5,17)18/h6H2,1-5H3,(H2,12,13). The zero-order valence-electron chi connectivity index (χ0n) is 11.8. The van der Waals surface area contributed by atoms with Crippen LogP contribution in [0.1, 0.15) is 19.5 Å². The molecule has 0 aliphatic carbocycles. The summed E-state index contributed by atoms with van der Waals surface area (Å²) in [4.78, 5) is 4.26. The van der Waals surface area contributed by atoms with Gasteiger partial charge in [0.15, 0.2) is 15.5 Å². The van der Waals surface area contributed by atoms with Crippen molar-refractivity contribution in [2.75, 3.05) is 12.0 Å². The number of hydrogen-bond donors (Lipinski definition) is 1. The van der Waals surface area contributed by atoms with Crippen molar-refractivity contribution in [1.29, 1.82) is 0 Å². The summed E-state index contributed by atoms with van der Waals surface area (Å²) >= 11 is 0. The summed E-state index contributed by atoms with van der Waals surface area (Å²) in [5.74, 6) is 0.308. The quantitative estimate of drug-likeness (QED) is 0.885. The molecule has 7 nitrogen and oxygen atoms in total. The van der Waals surface area contributed by atoms with Gasteiger partial charge < -0.3 is 5.73 Å². The van der Waals surface area contributed by atoms with Crippen molar-refractivity contribution in [3.05, 3.63) is 5.69 Å². The van der Waals surface area contributed by atoms with E-state index in [0.717, 1.165) is 11.3 Å². The normalized spacial score (nSPS) is 13.3. The highest BCUT2D eigenvalue weighted by Crippen LogP contribution is 2.25. The predicted molar refractivity (Wildman–Crippen MR) is 74.6 cm³/mol. The van der Waals surface area contributed by atoms with Crippen LogP contribution < -0.4 is 5.73 Å². The van der Waals surface area contributed by atoms with Crippen LogP contribution in [0.4, 0.5) is 5.95 Å². The Labute approximate surface area is 112 Å². The van der Waals surface area contributed by atoms with E-state index in [0.29, 0.717) is 11.5 Å². The number of nitrogens with two attached hydrogens (primary N) is 1. The summed E-state index contributed by atoms with van der Waals surface area (Å²) in [6, 6.07) is 0. The molecule has 2 rings (SSSR count). The van der Waals surface area contributed by atoms with Crippen molar-refractivity contribution >= 4 is 26.9 Å². The Morgan fingerprint density at radius 1 is 1.37 bits per heavy atom. The van der Waals surface area contributed by atoms with E-state index < -0.39 is 14.6 Å². The Balaban J connectivity index is 2.61. The number of nitrogen functional groups attached to an aromatic ring is 1. The number of anilines is 1. The first-order valence-corrected chi connectivity index (χ1v) is 7.78. The summed E-state index contributed by atoms with van der Waals surface area (Å²) in [5.41, 5.74) is 8.13. The summed E-state index contributed by atoms with van der Waals surface area (Å²) in [6.07, 6.45) is 1.23. The third-order valence-corrected chi connectivity index (χ3v) is 5.60. The molecule has 8 heteroatoms. The second-order valence-corrected chi connectivity index (χ2v) is 8.12. The van der Waals surface area contributed by atoms with Gasteiger partial charge in [-0.1, -0.05) is 0 Å². The maximum Gasteiger partial charge on any atom is 0.202 e. The lowest BCUT2D eigenvalue weighted by Crippen LogP contribution is -2.36.